The number of carbonyl (C=O) groups excluding carboxylic acids is 1. The molecule has 1 N–H and O–H groups in total. The number of hydrogen-bond acceptors (Lipinski definition) is 1. The van der Waals surface area contributed by atoms with Gasteiger partial charge >= 0.3 is 0 Å². The molecule has 1 fully saturated rings. The van der Waals surface area contributed by atoms with Crippen molar-refractivity contribution < 1.29 is 4.79 Å². The first kappa shape index (κ1) is 10.9. The molecule has 1 aliphatic rings. The number of hydrogen-bond donors (Lipinski definition) is 1. The van der Waals surface area contributed by atoms with Crippen LogP contribution >= 0.6 is 22.6 Å². The second kappa shape index (κ2) is 4.12. The molecular formula is C12H14INO. The van der Waals surface area contributed by atoms with E-state index < -0.39 is 0 Å². The Balaban J connectivity index is 2.04. The predicted molar refractivity (Wildman–Crippen MR) is 69.8 cm³/mol. The maximum atomic E-state index is 11.7. The lowest BCUT2D eigenvalue weighted by Gasteiger charge is -2.06. The number of halogens is 1. The van der Waals surface area contributed by atoms with E-state index >= 15 is 0 Å². The van der Waals surface area contributed by atoms with Crippen LogP contribution in [0, 0.1) is 22.3 Å². The van der Waals surface area contributed by atoms with E-state index in [0.717, 1.165) is 12.1 Å². The number of amides is 1. The Labute approximate surface area is 104 Å². The van der Waals surface area contributed by atoms with E-state index in [4.69, 9.17) is 0 Å². The molecule has 1 aromatic carbocycles. The number of nitrogens with one attached hydrogen (secondary N) is 1. The van der Waals surface area contributed by atoms with Gasteiger partial charge in [0.15, 0.2) is 0 Å². The van der Waals surface area contributed by atoms with Gasteiger partial charge in [0.25, 0.3) is 0 Å². The summed E-state index contributed by atoms with van der Waals surface area (Å²) in [5.74, 6) is 0.973. The predicted octanol–water partition coefficient (Wildman–Crippen LogP) is 3.19. The summed E-state index contributed by atoms with van der Waals surface area (Å²) in [6.07, 6.45) is 1.04. The molecule has 0 spiro atoms. The fourth-order valence-electron chi connectivity index (χ4n) is 1.59. The number of rotatable bonds is 2. The van der Waals surface area contributed by atoms with Gasteiger partial charge in [-0.3, -0.25) is 4.79 Å². The molecule has 1 aromatic rings. The monoisotopic (exact) mass is 315 g/mol. The first-order chi connectivity index (χ1) is 7.08. The highest BCUT2D eigenvalue weighted by Gasteiger charge is 2.38. The van der Waals surface area contributed by atoms with Gasteiger partial charge in [-0.25, -0.2) is 0 Å². The second-order valence-corrected chi connectivity index (χ2v) is 5.43. The summed E-state index contributed by atoms with van der Waals surface area (Å²) in [4.78, 5) is 11.7. The molecule has 15 heavy (non-hydrogen) atoms. The fourth-order valence-corrected chi connectivity index (χ4v) is 2.11. The van der Waals surface area contributed by atoms with Crippen molar-refractivity contribution in [1.82, 2.24) is 0 Å². The minimum Gasteiger partial charge on any atom is -0.326 e. The minimum atomic E-state index is 0.169. The Morgan fingerprint density at radius 3 is 2.73 bits per heavy atom. The quantitative estimate of drug-likeness (QED) is 0.835. The van der Waals surface area contributed by atoms with Crippen molar-refractivity contribution in [3.8, 4) is 0 Å². The van der Waals surface area contributed by atoms with Gasteiger partial charge < -0.3 is 5.32 Å². The molecule has 2 atom stereocenters. The van der Waals surface area contributed by atoms with Crippen molar-refractivity contribution in [3.63, 3.8) is 0 Å². The van der Waals surface area contributed by atoms with E-state index in [1.165, 1.54) is 9.13 Å². The van der Waals surface area contributed by atoms with Crippen LogP contribution in [0.5, 0.6) is 0 Å². The smallest absolute Gasteiger partial charge is 0.227 e. The molecule has 2 rings (SSSR count). The lowest BCUT2D eigenvalue weighted by molar-refractivity contribution is -0.117. The molecule has 0 radical (unpaired) electrons. The van der Waals surface area contributed by atoms with Gasteiger partial charge in [0.05, 0.1) is 0 Å². The summed E-state index contributed by atoms with van der Waals surface area (Å²) in [7, 11) is 0. The van der Waals surface area contributed by atoms with Crippen LogP contribution in [0.3, 0.4) is 0 Å². The van der Waals surface area contributed by atoms with Crippen molar-refractivity contribution in [3.05, 3.63) is 27.3 Å². The van der Waals surface area contributed by atoms with Gasteiger partial charge in [0.2, 0.25) is 5.91 Å². The number of anilines is 1. The molecule has 80 valence electrons. The minimum absolute atomic E-state index is 0.169. The van der Waals surface area contributed by atoms with Crippen LogP contribution in [0.4, 0.5) is 5.69 Å². The normalized spacial score (nSPS) is 23.7. The maximum Gasteiger partial charge on any atom is 0.227 e. The maximum absolute atomic E-state index is 11.7. The number of carbonyl (C=O) groups is 1. The summed E-state index contributed by atoms with van der Waals surface area (Å²) in [5.41, 5.74) is 2.16. The average Bonchev–Trinajstić information content (AvgIpc) is 2.89. The Kier molecular flexibility index (Phi) is 3.00. The third-order valence-corrected chi connectivity index (χ3v) is 4.05. The molecule has 0 heterocycles. The lowest BCUT2D eigenvalue weighted by atomic mass is 10.2. The zero-order chi connectivity index (χ0) is 11.0. The average molecular weight is 315 g/mol. The standard InChI is InChI=1S/C12H14INO/c1-7-3-4-9(6-11(7)13)14-12(15)10-5-8(10)2/h3-4,6,8,10H,5H2,1-2H3,(H,14,15)/t8-,10+/m0/s1. The lowest BCUT2D eigenvalue weighted by Crippen LogP contribution is -2.14. The summed E-state index contributed by atoms with van der Waals surface area (Å²) >= 11 is 2.28. The van der Waals surface area contributed by atoms with Crippen molar-refractivity contribution in [2.75, 3.05) is 5.32 Å². The van der Waals surface area contributed by atoms with Crippen molar-refractivity contribution in [2.45, 2.75) is 20.3 Å². The third-order valence-electron chi connectivity index (χ3n) is 2.89. The molecule has 0 bridgehead atoms. The van der Waals surface area contributed by atoms with Crippen LogP contribution in [0.2, 0.25) is 0 Å². The van der Waals surface area contributed by atoms with Crippen LogP contribution in [0.15, 0.2) is 18.2 Å². The molecule has 1 saturated carbocycles. The van der Waals surface area contributed by atoms with E-state index in [-0.39, 0.29) is 11.8 Å². The van der Waals surface area contributed by atoms with Crippen LogP contribution in [-0.2, 0) is 4.79 Å². The fraction of sp³-hybridized carbons (Fsp3) is 0.417. The van der Waals surface area contributed by atoms with Gasteiger partial charge in [0.1, 0.15) is 0 Å². The topological polar surface area (TPSA) is 29.1 Å². The molecule has 0 aromatic heterocycles. The molecule has 1 aliphatic carbocycles. The van der Waals surface area contributed by atoms with E-state index in [2.05, 4.69) is 41.8 Å². The summed E-state index contributed by atoms with van der Waals surface area (Å²) in [5, 5.41) is 2.96. The van der Waals surface area contributed by atoms with Crippen molar-refractivity contribution >= 4 is 34.2 Å². The SMILES string of the molecule is Cc1ccc(NC(=O)[C@@H]2C[C@@H]2C)cc1I. The Bertz CT molecular complexity index is 403. The van der Waals surface area contributed by atoms with E-state index in [1.807, 2.05) is 18.2 Å². The van der Waals surface area contributed by atoms with Crippen LogP contribution in [0.25, 0.3) is 0 Å². The van der Waals surface area contributed by atoms with E-state index in [9.17, 15) is 4.79 Å². The highest BCUT2D eigenvalue weighted by molar-refractivity contribution is 14.1. The number of benzene rings is 1. The second-order valence-electron chi connectivity index (χ2n) is 4.27. The summed E-state index contributed by atoms with van der Waals surface area (Å²) < 4.78 is 1.19. The van der Waals surface area contributed by atoms with Gasteiger partial charge in [-0.15, -0.1) is 0 Å². The van der Waals surface area contributed by atoms with E-state index in [1.54, 1.807) is 0 Å². The number of aryl methyl sites for hydroxylation is 1. The zero-order valence-corrected chi connectivity index (χ0v) is 11.0. The highest BCUT2D eigenvalue weighted by atomic mass is 127. The Hall–Kier alpha value is -0.580. The van der Waals surface area contributed by atoms with Gasteiger partial charge in [0, 0.05) is 15.2 Å². The molecule has 3 heteroatoms. The van der Waals surface area contributed by atoms with Crippen molar-refractivity contribution in [1.29, 1.82) is 0 Å². The molecule has 0 saturated heterocycles. The van der Waals surface area contributed by atoms with Crippen LogP contribution in [-0.4, -0.2) is 5.91 Å². The summed E-state index contributed by atoms with van der Waals surface area (Å²) in [6, 6.07) is 6.01. The van der Waals surface area contributed by atoms with Crippen LogP contribution in [0.1, 0.15) is 18.9 Å². The zero-order valence-electron chi connectivity index (χ0n) is 8.88. The first-order valence-electron chi connectivity index (χ1n) is 5.15. The largest absolute Gasteiger partial charge is 0.326 e. The molecule has 2 nitrogen and oxygen atoms in total. The third kappa shape index (κ3) is 2.51. The summed E-state index contributed by atoms with van der Waals surface area (Å²) in [6.45, 7) is 4.18. The van der Waals surface area contributed by atoms with Crippen LogP contribution < -0.4 is 5.32 Å². The molecule has 0 aliphatic heterocycles. The highest BCUT2D eigenvalue weighted by Crippen LogP contribution is 2.38. The molecular weight excluding hydrogens is 301 g/mol. The van der Waals surface area contributed by atoms with Gasteiger partial charge in [-0.2, -0.15) is 0 Å². The van der Waals surface area contributed by atoms with Gasteiger partial charge in [-0.05, 0) is 59.5 Å². The molecule has 0 unspecified atom stereocenters. The Morgan fingerprint density at radius 1 is 1.53 bits per heavy atom. The van der Waals surface area contributed by atoms with Gasteiger partial charge in [-0.1, -0.05) is 13.0 Å². The molecule has 1 amide bonds. The van der Waals surface area contributed by atoms with E-state index in [0.29, 0.717) is 5.92 Å². The first-order valence-corrected chi connectivity index (χ1v) is 6.23. The Morgan fingerprint density at radius 2 is 2.20 bits per heavy atom. The van der Waals surface area contributed by atoms with Crippen molar-refractivity contribution in [2.24, 2.45) is 11.8 Å².